The van der Waals surface area contributed by atoms with Crippen LogP contribution < -0.4 is 9.64 Å². The van der Waals surface area contributed by atoms with Crippen LogP contribution in [0.25, 0.3) is 0 Å². The molecule has 5 nitrogen and oxygen atoms in total. The summed E-state index contributed by atoms with van der Waals surface area (Å²) in [5.41, 5.74) is 0.983. The fourth-order valence-corrected chi connectivity index (χ4v) is 3.98. The molecule has 1 heterocycles. The molecule has 2 aromatic rings. The number of hydrogen-bond donors (Lipinski definition) is 0. The normalized spacial score (nSPS) is 20.8. The van der Waals surface area contributed by atoms with Gasteiger partial charge in [0.2, 0.25) is 11.8 Å². The van der Waals surface area contributed by atoms with Gasteiger partial charge in [-0.3, -0.25) is 9.59 Å². The van der Waals surface area contributed by atoms with Gasteiger partial charge >= 0.3 is 0 Å². The maximum absolute atomic E-state index is 13.3. The Bertz CT molecular complexity index is 908. The Morgan fingerprint density at radius 2 is 1.86 bits per heavy atom. The van der Waals surface area contributed by atoms with Crippen molar-refractivity contribution in [3.63, 3.8) is 0 Å². The highest BCUT2D eigenvalue weighted by Gasteiger charge is 2.54. The number of carbonyl (C=O) groups is 2. The number of methoxy groups -OCH3 is 1. The van der Waals surface area contributed by atoms with Crippen LogP contribution in [-0.4, -0.2) is 43.0 Å². The van der Waals surface area contributed by atoms with Gasteiger partial charge in [-0.2, -0.15) is 0 Å². The summed E-state index contributed by atoms with van der Waals surface area (Å²) in [6.07, 6.45) is 1.46. The van der Waals surface area contributed by atoms with Crippen LogP contribution in [-0.2, 0) is 15.0 Å². The van der Waals surface area contributed by atoms with Crippen molar-refractivity contribution in [2.75, 3.05) is 25.1 Å². The van der Waals surface area contributed by atoms with Crippen LogP contribution in [0.5, 0.6) is 5.75 Å². The van der Waals surface area contributed by atoms with E-state index >= 15 is 0 Å². The molecular weight excluding hydrogens is 359 g/mol. The summed E-state index contributed by atoms with van der Waals surface area (Å²) in [5, 5.41) is 0. The second-order valence-corrected chi connectivity index (χ2v) is 7.45. The van der Waals surface area contributed by atoms with E-state index in [4.69, 9.17) is 4.74 Å². The van der Waals surface area contributed by atoms with Gasteiger partial charge < -0.3 is 14.5 Å². The first-order chi connectivity index (χ1) is 13.5. The van der Waals surface area contributed by atoms with Crippen molar-refractivity contribution in [2.45, 2.75) is 31.2 Å². The predicted molar refractivity (Wildman–Crippen MR) is 104 cm³/mol. The average molecular weight is 382 g/mol. The van der Waals surface area contributed by atoms with E-state index in [0.29, 0.717) is 18.8 Å². The largest absolute Gasteiger partial charge is 0.497 e. The lowest BCUT2D eigenvalue weighted by molar-refractivity contribution is -0.142. The molecule has 0 spiro atoms. The van der Waals surface area contributed by atoms with Crippen LogP contribution in [0.1, 0.15) is 25.3 Å². The summed E-state index contributed by atoms with van der Waals surface area (Å²) in [5.74, 6) is 0.222. The van der Waals surface area contributed by atoms with E-state index in [1.807, 2.05) is 24.3 Å². The molecule has 0 radical (unpaired) electrons. The number of halogens is 1. The highest BCUT2D eigenvalue weighted by atomic mass is 19.1. The van der Waals surface area contributed by atoms with Gasteiger partial charge in [-0.05, 0) is 49.6 Å². The molecule has 1 saturated carbocycles. The highest BCUT2D eigenvalue weighted by molar-refractivity contribution is 6.02. The number of amides is 2. The third-order valence-corrected chi connectivity index (χ3v) is 5.84. The molecule has 2 amide bonds. The molecule has 2 fully saturated rings. The van der Waals surface area contributed by atoms with E-state index in [1.165, 1.54) is 12.1 Å². The van der Waals surface area contributed by atoms with E-state index in [1.54, 1.807) is 36.0 Å². The zero-order valence-corrected chi connectivity index (χ0v) is 16.0. The Kier molecular flexibility index (Phi) is 4.57. The standard InChI is InChI=1S/C22H23FN2O3/c1-15-20(26)25(18-4-3-5-19(14-18)28-2)13-12-24(15)21(27)22(10-11-22)16-6-8-17(23)9-7-16/h3-9,14-15H,10-13H2,1-2H3/t15-/m0/s1. The van der Waals surface area contributed by atoms with Gasteiger partial charge in [-0.1, -0.05) is 18.2 Å². The molecule has 1 aliphatic heterocycles. The quantitative estimate of drug-likeness (QED) is 0.816. The molecule has 0 N–H and O–H groups in total. The Hall–Kier alpha value is -2.89. The summed E-state index contributed by atoms with van der Waals surface area (Å²) >= 11 is 0. The molecule has 0 aromatic heterocycles. The average Bonchev–Trinajstić information content (AvgIpc) is 3.52. The summed E-state index contributed by atoms with van der Waals surface area (Å²) in [6.45, 7) is 2.67. The van der Waals surface area contributed by atoms with Gasteiger partial charge in [0.05, 0.1) is 12.5 Å². The lowest BCUT2D eigenvalue weighted by Gasteiger charge is -2.40. The number of ether oxygens (including phenoxy) is 1. The van der Waals surface area contributed by atoms with E-state index in [2.05, 4.69) is 0 Å². The third-order valence-electron chi connectivity index (χ3n) is 5.84. The molecule has 2 aliphatic rings. The number of carbonyl (C=O) groups excluding carboxylic acids is 2. The summed E-state index contributed by atoms with van der Waals surface area (Å²) in [4.78, 5) is 29.7. The fourth-order valence-electron chi connectivity index (χ4n) is 3.98. The number of benzene rings is 2. The Morgan fingerprint density at radius 1 is 1.14 bits per heavy atom. The third kappa shape index (κ3) is 3.03. The first kappa shape index (κ1) is 18.5. The molecule has 6 heteroatoms. The molecule has 0 unspecified atom stereocenters. The molecule has 28 heavy (non-hydrogen) atoms. The summed E-state index contributed by atoms with van der Waals surface area (Å²) < 4.78 is 18.5. The smallest absolute Gasteiger partial charge is 0.249 e. The van der Waals surface area contributed by atoms with Crippen LogP contribution in [0.15, 0.2) is 48.5 Å². The molecule has 1 atom stereocenters. The monoisotopic (exact) mass is 382 g/mol. The van der Waals surface area contributed by atoms with Crippen LogP contribution in [0.4, 0.5) is 10.1 Å². The number of rotatable bonds is 4. The van der Waals surface area contributed by atoms with Gasteiger partial charge in [0.1, 0.15) is 17.6 Å². The van der Waals surface area contributed by atoms with Gasteiger partial charge in [0, 0.05) is 24.8 Å². The van der Waals surface area contributed by atoms with Crippen molar-refractivity contribution in [1.29, 1.82) is 0 Å². The van der Waals surface area contributed by atoms with Gasteiger partial charge in [-0.25, -0.2) is 4.39 Å². The van der Waals surface area contributed by atoms with Crippen molar-refractivity contribution in [2.24, 2.45) is 0 Å². The van der Waals surface area contributed by atoms with Gasteiger partial charge in [-0.15, -0.1) is 0 Å². The van der Waals surface area contributed by atoms with Crippen LogP contribution >= 0.6 is 0 Å². The number of anilines is 1. The van der Waals surface area contributed by atoms with E-state index < -0.39 is 11.5 Å². The summed E-state index contributed by atoms with van der Waals surface area (Å²) in [7, 11) is 1.59. The van der Waals surface area contributed by atoms with E-state index in [-0.39, 0.29) is 17.6 Å². The SMILES string of the molecule is COc1cccc(N2CCN(C(=O)C3(c4ccc(F)cc4)CC3)[C@@H](C)C2=O)c1. The molecule has 146 valence electrons. The maximum atomic E-state index is 13.3. The zero-order chi connectivity index (χ0) is 19.9. The van der Waals surface area contributed by atoms with Crippen molar-refractivity contribution >= 4 is 17.5 Å². The summed E-state index contributed by atoms with van der Waals surface area (Å²) in [6, 6.07) is 12.9. The lowest BCUT2D eigenvalue weighted by atomic mass is 9.93. The number of piperazine rings is 1. The fraction of sp³-hybridized carbons (Fsp3) is 0.364. The second-order valence-electron chi connectivity index (χ2n) is 7.45. The van der Waals surface area contributed by atoms with Crippen molar-refractivity contribution < 1.29 is 18.7 Å². The lowest BCUT2D eigenvalue weighted by Crippen LogP contribution is -2.59. The van der Waals surface area contributed by atoms with Crippen molar-refractivity contribution in [3.8, 4) is 5.75 Å². The number of hydrogen-bond acceptors (Lipinski definition) is 3. The minimum Gasteiger partial charge on any atom is -0.497 e. The molecule has 1 aliphatic carbocycles. The van der Waals surface area contributed by atoms with E-state index in [0.717, 1.165) is 24.1 Å². The molecular formula is C22H23FN2O3. The van der Waals surface area contributed by atoms with Crippen LogP contribution in [0, 0.1) is 5.82 Å². The predicted octanol–water partition coefficient (Wildman–Crippen LogP) is 3.13. The Labute approximate surface area is 163 Å². The van der Waals surface area contributed by atoms with Crippen molar-refractivity contribution in [1.82, 2.24) is 4.90 Å². The first-order valence-electron chi connectivity index (χ1n) is 9.49. The highest BCUT2D eigenvalue weighted by Crippen LogP contribution is 2.50. The maximum Gasteiger partial charge on any atom is 0.249 e. The van der Waals surface area contributed by atoms with Crippen molar-refractivity contribution in [3.05, 3.63) is 59.9 Å². The topological polar surface area (TPSA) is 49.9 Å². The minimum atomic E-state index is -0.611. The first-order valence-corrected chi connectivity index (χ1v) is 9.49. The van der Waals surface area contributed by atoms with Gasteiger partial charge in [0.25, 0.3) is 0 Å². The second kappa shape index (κ2) is 6.93. The number of nitrogens with zero attached hydrogens (tertiary/aromatic N) is 2. The molecule has 4 rings (SSSR count). The Balaban J connectivity index is 1.54. The molecule has 2 aromatic carbocycles. The molecule has 1 saturated heterocycles. The van der Waals surface area contributed by atoms with Gasteiger partial charge in [0.15, 0.2) is 0 Å². The minimum absolute atomic E-state index is 0.0368. The van der Waals surface area contributed by atoms with Crippen LogP contribution in [0.3, 0.4) is 0 Å². The molecule has 0 bridgehead atoms. The van der Waals surface area contributed by atoms with Crippen LogP contribution in [0.2, 0.25) is 0 Å². The van der Waals surface area contributed by atoms with E-state index in [9.17, 15) is 14.0 Å². The zero-order valence-electron chi connectivity index (χ0n) is 16.0. The Morgan fingerprint density at radius 3 is 2.50 bits per heavy atom.